The summed E-state index contributed by atoms with van der Waals surface area (Å²) in [7, 11) is 0. The van der Waals surface area contributed by atoms with Gasteiger partial charge in [0, 0.05) is 37.7 Å². The highest BCUT2D eigenvalue weighted by molar-refractivity contribution is 14.0. The van der Waals surface area contributed by atoms with Crippen LogP contribution in [0.4, 0.5) is 5.69 Å². The van der Waals surface area contributed by atoms with Crippen molar-refractivity contribution in [1.29, 1.82) is 0 Å². The van der Waals surface area contributed by atoms with E-state index < -0.39 is 0 Å². The van der Waals surface area contributed by atoms with Crippen molar-refractivity contribution in [3.63, 3.8) is 0 Å². The molecule has 0 spiro atoms. The van der Waals surface area contributed by atoms with Gasteiger partial charge in [-0.1, -0.05) is 30.3 Å². The number of halogens is 1. The molecule has 8 heteroatoms. The maximum absolute atomic E-state index is 12.0. The topological polar surface area (TPSA) is 83.3 Å². The molecule has 7 nitrogen and oxygen atoms in total. The second kappa shape index (κ2) is 11.1. The maximum Gasteiger partial charge on any atom is 0.225 e. The Morgan fingerprint density at radius 2 is 2.00 bits per heavy atom. The number of hydrogen-bond acceptors (Lipinski definition) is 3. The summed E-state index contributed by atoms with van der Waals surface area (Å²) in [5.74, 6) is 0.943. The Bertz CT molecular complexity index is 1050. The Balaban J connectivity index is 0.00000272. The van der Waals surface area contributed by atoms with Crippen molar-refractivity contribution in [2.45, 2.75) is 32.2 Å². The van der Waals surface area contributed by atoms with Crippen LogP contribution in [-0.2, 0) is 11.3 Å². The van der Waals surface area contributed by atoms with Gasteiger partial charge in [-0.05, 0) is 37.1 Å². The Hall–Kier alpha value is -2.62. The SMILES string of the molecule is CCNC(=NCC1CC(=O)Nc2ccccc21)NCCCn1cnc2ccccc21.I. The van der Waals surface area contributed by atoms with Crippen LogP contribution in [0.25, 0.3) is 11.0 Å². The van der Waals surface area contributed by atoms with Crippen LogP contribution in [-0.4, -0.2) is 41.1 Å². The lowest BCUT2D eigenvalue weighted by Gasteiger charge is -2.24. The molecule has 2 heterocycles. The zero-order chi connectivity index (χ0) is 20.8. The van der Waals surface area contributed by atoms with E-state index in [2.05, 4.69) is 44.6 Å². The number of aliphatic imine (C=N–C) groups is 1. The average Bonchev–Trinajstić information content (AvgIpc) is 3.17. The lowest BCUT2D eigenvalue weighted by Crippen LogP contribution is -2.38. The lowest BCUT2D eigenvalue weighted by atomic mass is 9.91. The molecule has 1 atom stereocenters. The quantitative estimate of drug-likeness (QED) is 0.188. The number of carbonyl (C=O) groups excluding carboxylic acids is 1. The molecule has 0 saturated heterocycles. The predicted molar refractivity (Wildman–Crippen MR) is 136 cm³/mol. The number of nitrogens with one attached hydrogen (secondary N) is 3. The third-order valence-electron chi connectivity index (χ3n) is 5.32. The Morgan fingerprint density at radius 3 is 2.87 bits per heavy atom. The zero-order valence-corrected chi connectivity index (χ0v) is 20.0. The molecule has 0 aliphatic carbocycles. The smallest absolute Gasteiger partial charge is 0.225 e. The molecule has 164 valence electrons. The molecule has 3 N–H and O–H groups in total. The zero-order valence-electron chi connectivity index (χ0n) is 17.7. The molecule has 1 amide bonds. The summed E-state index contributed by atoms with van der Waals surface area (Å²) in [6.45, 7) is 5.12. The van der Waals surface area contributed by atoms with E-state index in [0.717, 1.165) is 54.3 Å². The van der Waals surface area contributed by atoms with Crippen molar-refractivity contribution < 1.29 is 4.79 Å². The van der Waals surface area contributed by atoms with E-state index in [9.17, 15) is 4.79 Å². The van der Waals surface area contributed by atoms with Gasteiger partial charge in [0.1, 0.15) is 0 Å². The van der Waals surface area contributed by atoms with Crippen molar-refractivity contribution in [3.05, 3.63) is 60.4 Å². The molecule has 1 unspecified atom stereocenters. The first kappa shape index (κ1) is 23.1. The van der Waals surface area contributed by atoms with Crippen molar-refractivity contribution in [2.75, 3.05) is 25.0 Å². The molecule has 0 radical (unpaired) electrons. The van der Waals surface area contributed by atoms with Gasteiger partial charge in [0.15, 0.2) is 5.96 Å². The van der Waals surface area contributed by atoms with Gasteiger partial charge < -0.3 is 20.5 Å². The third-order valence-corrected chi connectivity index (χ3v) is 5.32. The van der Waals surface area contributed by atoms with E-state index in [0.29, 0.717) is 13.0 Å². The minimum absolute atomic E-state index is 0. The average molecular weight is 532 g/mol. The molecule has 1 aliphatic heterocycles. The molecule has 2 aromatic carbocycles. The van der Waals surface area contributed by atoms with Gasteiger partial charge in [-0.25, -0.2) is 4.98 Å². The minimum Gasteiger partial charge on any atom is -0.357 e. The van der Waals surface area contributed by atoms with E-state index in [1.165, 1.54) is 0 Å². The van der Waals surface area contributed by atoms with Crippen molar-refractivity contribution in [2.24, 2.45) is 4.99 Å². The summed E-state index contributed by atoms with van der Waals surface area (Å²) >= 11 is 0. The Kier molecular flexibility index (Phi) is 8.27. The highest BCUT2D eigenvalue weighted by Crippen LogP contribution is 2.31. The molecule has 31 heavy (non-hydrogen) atoms. The molecule has 1 aromatic heterocycles. The second-order valence-corrected chi connectivity index (χ2v) is 7.46. The standard InChI is InChI=1S/C23H28N6O.HI/c1-2-24-23(25-12-7-13-29-16-27-20-10-5-6-11-21(20)29)26-15-17-14-22(30)28-19-9-4-3-8-18(17)19;/h3-6,8-11,16-17H,2,7,12-15H2,1H3,(H,28,30)(H2,24,25,26);1H. The summed E-state index contributed by atoms with van der Waals surface area (Å²) in [4.78, 5) is 21.2. The van der Waals surface area contributed by atoms with Gasteiger partial charge in [-0.15, -0.1) is 24.0 Å². The number of imidazole rings is 1. The van der Waals surface area contributed by atoms with Crippen LogP contribution in [0.5, 0.6) is 0 Å². The predicted octanol–water partition coefficient (Wildman–Crippen LogP) is 3.73. The van der Waals surface area contributed by atoms with Crippen LogP contribution in [0.1, 0.15) is 31.2 Å². The van der Waals surface area contributed by atoms with Crippen LogP contribution in [0.15, 0.2) is 59.9 Å². The number of aromatic nitrogens is 2. The summed E-state index contributed by atoms with van der Waals surface area (Å²) < 4.78 is 2.18. The van der Waals surface area contributed by atoms with E-state index >= 15 is 0 Å². The van der Waals surface area contributed by atoms with Gasteiger partial charge in [0.05, 0.1) is 23.9 Å². The normalized spacial score (nSPS) is 15.7. The Morgan fingerprint density at radius 1 is 1.19 bits per heavy atom. The fraction of sp³-hybridized carbons (Fsp3) is 0.348. The fourth-order valence-electron chi connectivity index (χ4n) is 3.85. The fourth-order valence-corrected chi connectivity index (χ4v) is 3.85. The van der Waals surface area contributed by atoms with Gasteiger partial charge in [0.25, 0.3) is 0 Å². The van der Waals surface area contributed by atoms with Gasteiger partial charge in [-0.3, -0.25) is 9.79 Å². The monoisotopic (exact) mass is 532 g/mol. The first-order valence-corrected chi connectivity index (χ1v) is 10.6. The number of guanidine groups is 1. The first-order chi connectivity index (χ1) is 14.7. The number of carbonyl (C=O) groups is 1. The van der Waals surface area contributed by atoms with Gasteiger partial charge in [0.2, 0.25) is 5.91 Å². The van der Waals surface area contributed by atoms with Crippen LogP contribution < -0.4 is 16.0 Å². The van der Waals surface area contributed by atoms with Crippen molar-refractivity contribution in [3.8, 4) is 0 Å². The minimum atomic E-state index is 0. The second-order valence-electron chi connectivity index (χ2n) is 7.46. The van der Waals surface area contributed by atoms with Crippen molar-refractivity contribution in [1.82, 2.24) is 20.2 Å². The largest absolute Gasteiger partial charge is 0.357 e. The summed E-state index contributed by atoms with van der Waals surface area (Å²) in [5.41, 5.74) is 4.24. The molecule has 3 aromatic rings. The number of rotatable bonds is 7. The number of para-hydroxylation sites is 3. The van der Waals surface area contributed by atoms with Gasteiger partial charge in [-0.2, -0.15) is 0 Å². The lowest BCUT2D eigenvalue weighted by molar-refractivity contribution is -0.116. The molecule has 0 fully saturated rings. The van der Waals surface area contributed by atoms with E-state index in [1.54, 1.807) is 0 Å². The maximum atomic E-state index is 12.0. The molecule has 1 aliphatic rings. The highest BCUT2D eigenvalue weighted by Gasteiger charge is 2.24. The number of anilines is 1. The summed E-state index contributed by atoms with van der Waals surface area (Å²) in [6, 6.07) is 16.2. The number of amides is 1. The molecular formula is C23H29IN6O. The van der Waals surface area contributed by atoms with Crippen LogP contribution in [0.2, 0.25) is 0 Å². The van der Waals surface area contributed by atoms with Crippen LogP contribution in [0, 0.1) is 0 Å². The first-order valence-electron chi connectivity index (χ1n) is 10.6. The summed E-state index contributed by atoms with van der Waals surface area (Å²) in [6.07, 6.45) is 3.32. The molecule has 0 bridgehead atoms. The van der Waals surface area contributed by atoms with Crippen LogP contribution >= 0.6 is 24.0 Å². The van der Waals surface area contributed by atoms with E-state index in [4.69, 9.17) is 4.99 Å². The Labute approximate surface area is 199 Å². The van der Waals surface area contributed by atoms with Gasteiger partial charge >= 0.3 is 0 Å². The van der Waals surface area contributed by atoms with E-state index in [-0.39, 0.29) is 35.8 Å². The number of fused-ring (bicyclic) bond motifs is 2. The molecule has 4 rings (SSSR count). The molecule has 0 saturated carbocycles. The third kappa shape index (κ3) is 5.75. The van der Waals surface area contributed by atoms with Crippen molar-refractivity contribution >= 4 is 52.6 Å². The number of hydrogen-bond donors (Lipinski definition) is 3. The highest BCUT2D eigenvalue weighted by atomic mass is 127. The summed E-state index contributed by atoms with van der Waals surface area (Å²) in [5, 5.41) is 9.65. The molecular weight excluding hydrogens is 503 g/mol. The van der Waals surface area contributed by atoms with Crippen LogP contribution in [0.3, 0.4) is 0 Å². The van der Waals surface area contributed by atoms with E-state index in [1.807, 2.05) is 42.7 Å². The number of nitrogens with zero attached hydrogens (tertiary/aromatic N) is 3. The number of aryl methyl sites for hydroxylation is 1. The number of benzene rings is 2.